The molecule has 92 valence electrons. The lowest BCUT2D eigenvalue weighted by molar-refractivity contribution is 0.716. The van der Waals surface area contributed by atoms with Gasteiger partial charge in [0, 0.05) is 16.6 Å². The molecule has 1 aromatic carbocycles. The average molecular weight is 230 g/mol. The maximum absolute atomic E-state index is 3.60. The van der Waals surface area contributed by atoms with E-state index in [1.165, 1.54) is 39.7 Å². The monoisotopic (exact) mass is 230 g/mol. The van der Waals surface area contributed by atoms with E-state index < -0.39 is 0 Å². The van der Waals surface area contributed by atoms with Gasteiger partial charge in [-0.25, -0.2) is 0 Å². The van der Waals surface area contributed by atoms with Gasteiger partial charge in [-0.15, -0.1) is 0 Å². The number of aromatic amines is 1. The zero-order chi connectivity index (χ0) is 12.4. The number of aryl methyl sites for hydroxylation is 4. The van der Waals surface area contributed by atoms with Crippen LogP contribution in [0.2, 0.25) is 0 Å². The van der Waals surface area contributed by atoms with Crippen molar-refractivity contribution in [2.45, 2.75) is 33.6 Å². The van der Waals surface area contributed by atoms with Crippen molar-refractivity contribution in [3.8, 4) is 0 Å². The number of benzene rings is 1. The maximum atomic E-state index is 3.60. The minimum atomic E-state index is 1.08. The van der Waals surface area contributed by atoms with Gasteiger partial charge in [0.25, 0.3) is 0 Å². The smallest absolute Gasteiger partial charge is 0.0491 e. The van der Waals surface area contributed by atoms with Crippen LogP contribution in [0.5, 0.6) is 0 Å². The van der Waals surface area contributed by atoms with Crippen molar-refractivity contribution in [1.29, 1.82) is 0 Å². The largest absolute Gasteiger partial charge is 0.358 e. The van der Waals surface area contributed by atoms with E-state index in [1.54, 1.807) is 0 Å². The molecular formula is C15H22N2. The molecule has 0 aliphatic heterocycles. The highest BCUT2D eigenvalue weighted by molar-refractivity contribution is 5.87. The quantitative estimate of drug-likeness (QED) is 0.775. The lowest BCUT2D eigenvalue weighted by Gasteiger charge is -2.00. The molecule has 2 rings (SSSR count). The fourth-order valence-corrected chi connectivity index (χ4v) is 2.39. The van der Waals surface area contributed by atoms with Crippen LogP contribution in [0.25, 0.3) is 10.9 Å². The number of nitrogens with one attached hydrogen (secondary N) is 2. The van der Waals surface area contributed by atoms with E-state index >= 15 is 0 Å². The van der Waals surface area contributed by atoms with E-state index in [0.717, 1.165) is 13.0 Å². The standard InChI is InChI=1S/C15H22N2/c1-10-7-8-13-12(3)14(6-5-9-16-4)17-15(13)11(10)2/h7-8,16-17H,5-6,9H2,1-4H3. The number of aromatic nitrogens is 1. The zero-order valence-corrected chi connectivity index (χ0v) is 11.3. The Bertz CT molecular complexity index is 523. The third kappa shape index (κ3) is 2.22. The van der Waals surface area contributed by atoms with E-state index in [1.807, 2.05) is 7.05 Å². The minimum absolute atomic E-state index is 1.08. The molecule has 2 nitrogen and oxygen atoms in total. The van der Waals surface area contributed by atoms with Gasteiger partial charge in [-0.2, -0.15) is 0 Å². The molecule has 0 unspecified atom stereocenters. The minimum Gasteiger partial charge on any atom is -0.358 e. The molecule has 17 heavy (non-hydrogen) atoms. The molecule has 0 saturated carbocycles. The molecule has 0 aliphatic rings. The van der Waals surface area contributed by atoms with Crippen molar-refractivity contribution in [2.75, 3.05) is 13.6 Å². The van der Waals surface area contributed by atoms with Crippen molar-refractivity contribution in [1.82, 2.24) is 10.3 Å². The summed E-state index contributed by atoms with van der Waals surface area (Å²) in [6, 6.07) is 4.46. The maximum Gasteiger partial charge on any atom is 0.0491 e. The van der Waals surface area contributed by atoms with E-state index in [2.05, 4.69) is 43.2 Å². The topological polar surface area (TPSA) is 27.8 Å². The summed E-state index contributed by atoms with van der Waals surface area (Å²) in [5.41, 5.74) is 6.87. The second-order valence-electron chi connectivity index (χ2n) is 4.87. The summed E-state index contributed by atoms with van der Waals surface area (Å²) < 4.78 is 0. The molecule has 0 atom stereocenters. The summed E-state index contributed by atoms with van der Waals surface area (Å²) in [6.45, 7) is 7.67. The summed E-state index contributed by atoms with van der Waals surface area (Å²) in [4.78, 5) is 3.60. The van der Waals surface area contributed by atoms with Gasteiger partial charge in [0.1, 0.15) is 0 Å². The Morgan fingerprint density at radius 1 is 1.12 bits per heavy atom. The lowest BCUT2D eigenvalue weighted by Crippen LogP contribution is -2.08. The molecule has 2 heteroatoms. The SMILES string of the molecule is CNCCCc1[nH]c2c(C)c(C)ccc2c1C. The molecule has 1 aromatic heterocycles. The molecular weight excluding hydrogens is 208 g/mol. The van der Waals surface area contributed by atoms with Gasteiger partial charge in [0.2, 0.25) is 0 Å². The number of hydrogen-bond donors (Lipinski definition) is 2. The van der Waals surface area contributed by atoms with Gasteiger partial charge in [-0.3, -0.25) is 0 Å². The van der Waals surface area contributed by atoms with Gasteiger partial charge in [-0.1, -0.05) is 12.1 Å². The number of H-pyrrole nitrogens is 1. The van der Waals surface area contributed by atoms with E-state index in [0.29, 0.717) is 0 Å². The zero-order valence-electron chi connectivity index (χ0n) is 11.3. The second-order valence-corrected chi connectivity index (χ2v) is 4.87. The van der Waals surface area contributed by atoms with Gasteiger partial charge >= 0.3 is 0 Å². The highest BCUT2D eigenvalue weighted by Crippen LogP contribution is 2.26. The number of fused-ring (bicyclic) bond motifs is 1. The Hall–Kier alpha value is -1.28. The number of hydrogen-bond acceptors (Lipinski definition) is 1. The fraction of sp³-hybridized carbons (Fsp3) is 0.467. The molecule has 0 aliphatic carbocycles. The molecule has 1 heterocycles. The van der Waals surface area contributed by atoms with Crippen molar-refractivity contribution in [3.63, 3.8) is 0 Å². The predicted molar refractivity (Wildman–Crippen MR) is 74.8 cm³/mol. The van der Waals surface area contributed by atoms with Crippen LogP contribution in [-0.2, 0) is 6.42 Å². The van der Waals surface area contributed by atoms with Crippen molar-refractivity contribution in [2.24, 2.45) is 0 Å². The van der Waals surface area contributed by atoms with E-state index in [4.69, 9.17) is 0 Å². The predicted octanol–water partition coefficient (Wildman–Crippen LogP) is 3.25. The highest BCUT2D eigenvalue weighted by atomic mass is 14.8. The molecule has 2 aromatic rings. The van der Waals surface area contributed by atoms with E-state index in [9.17, 15) is 0 Å². The normalized spacial score (nSPS) is 11.3. The van der Waals surface area contributed by atoms with Crippen molar-refractivity contribution >= 4 is 10.9 Å². The third-order valence-electron chi connectivity index (χ3n) is 3.72. The first-order chi connectivity index (χ1) is 8.15. The highest BCUT2D eigenvalue weighted by Gasteiger charge is 2.09. The summed E-state index contributed by atoms with van der Waals surface area (Å²) in [7, 11) is 2.01. The summed E-state index contributed by atoms with van der Waals surface area (Å²) in [5, 5.41) is 4.58. The molecule has 0 saturated heterocycles. The van der Waals surface area contributed by atoms with Crippen molar-refractivity contribution in [3.05, 3.63) is 34.5 Å². The van der Waals surface area contributed by atoms with Gasteiger partial charge < -0.3 is 10.3 Å². The Morgan fingerprint density at radius 2 is 1.88 bits per heavy atom. The third-order valence-corrected chi connectivity index (χ3v) is 3.72. The Balaban J connectivity index is 2.39. The van der Waals surface area contributed by atoms with E-state index in [-0.39, 0.29) is 0 Å². The molecule has 0 spiro atoms. The fourth-order valence-electron chi connectivity index (χ4n) is 2.39. The van der Waals surface area contributed by atoms with Crippen LogP contribution in [0.3, 0.4) is 0 Å². The van der Waals surface area contributed by atoms with Crippen LogP contribution in [-0.4, -0.2) is 18.6 Å². The summed E-state index contributed by atoms with van der Waals surface area (Å²) >= 11 is 0. The van der Waals surface area contributed by atoms with Crippen LogP contribution in [0.4, 0.5) is 0 Å². The molecule has 0 fully saturated rings. The van der Waals surface area contributed by atoms with Crippen LogP contribution >= 0.6 is 0 Å². The molecule has 0 bridgehead atoms. The van der Waals surface area contributed by atoms with Crippen molar-refractivity contribution < 1.29 is 0 Å². The van der Waals surface area contributed by atoms with Gasteiger partial charge in [0.15, 0.2) is 0 Å². The second kappa shape index (κ2) is 4.92. The Labute approximate surface area is 103 Å². The first-order valence-corrected chi connectivity index (χ1v) is 6.37. The molecule has 2 N–H and O–H groups in total. The van der Waals surface area contributed by atoms with Crippen LogP contribution in [0.15, 0.2) is 12.1 Å². The first-order valence-electron chi connectivity index (χ1n) is 6.37. The molecule has 0 amide bonds. The summed E-state index contributed by atoms with van der Waals surface area (Å²) in [6.07, 6.45) is 2.31. The van der Waals surface area contributed by atoms with Crippen LogP contribution < -0.4 is 5.32 Å². The van der Waals surface area contributed by atoms with Crippen LogP contribution in [0, 0.1) is 20.8 Å². The average Bonchev–Trinajstić information content (AvgIpc) is 2.63. The van der Waals surface area contributed by atoms with Gasteiger partial charge in [-0.05, 0) is 63.9 Å². The van der Waals surface area contributed by atoms with Crippen LogP contribution in [0.1, 0.15) is 28.8 Å². The first kappa shape index (κ1) is 12.2. The Kier molecular flexibility index (Phi) is 3.53. The Morgan fingerprint density at radius 3 is 2.59 bits per heavy atom. The number of rotatable bonds is 4. The molecule has 0 radical (unpaired) electrons. The summed E-state index contributed by atoms with van der Waals surface area (Å²) in [5.74, 6) is 0. The van der Waals surface area contributed by atoms with Gasteiger partial charge in [0.05, 0.1) is 0 Å². The lowest BCUT2D eigenvalue weighted by atomic mass is 10.0.